The molecule has 0 aromatic heterocycles. The number of carbonyl (C=O) groups excluding carboxylic acids is 1. The molecule has 1 rings (SSSR count). The standard InChI is InChI=1S/C11H14N2O4/c1-3-8(11(14)17-2)9-6-7(13(15)16)4-5-10(9)12/h4-6,8H,3,12H2,1-2H3. The summed E-state index contributed by atoms with van der Waals surface area (Å²) in [5.41, 5.74) is 6.43. The predicted molar refractivity (Wildman–Crippen MR) is 62.6 cm³/mol. The first-order valence-corrected chi connectivity index (χ1v) is 5.12. The second-order valence-electron chi connectivity index (χ2n) is 3.55. The van der Waals surface area contributed by atoms with Gasteiger partial charge < -0.3 is 10.5 Å². The zero-order valence-electron chi connectivity index (χ0n) is 9.67. The number of nitro benzene ring substituents is 1. The van der Waals surface area contributed by atoms with Gasteiger partial charge in [0.15, 0.2) is 0 Å². The third kappa shape index (κ3) is 2.72. The van der Waals surface area contributed by atoms with Crippen LogP contribution in [0.25, 0.3) is 0 Å². The van der Waals surface area contributed by atoms with Crippen LogP contribution in [0.15, 0.2) is 18.2 Å². The van der Waals surface area contributed by atoms with Crippen LogP contribution in [0.4, 0.5) is 11.4 Å². The first-order chi connectivity index (χ1) is 8.01. The molecule has 0 bridgehead atoms. The van der Waals surface area contributed by atoms with E-state index in [1.807, 2.05) is 0 Å². The Morgan fingerprint density at radius 3 is 2.71 bits per heavy atom. The molecule has 6 heteroatoms. The Balaban J connectivity index is 3.22. The van der Waals surface area contributed by atoms with Crippen molar-refractivity contribution in [2.75, 3.05) is 12.8 Å². The number of benzene rings is 1. The summed E-state index contributed by atoms with van der Waals surface area (Å²) in [6.45, 7) is 1.79. The average molecular weight is 238 g/mol. The number of ether oxygens (including phenoxy) is 1. The highest BCUT2D eigenvalue weighted by Crippen LogP contribution is 2.29. The second kappa shape index (κ2) is 5.29. The number of non-ortho nitro benzene ring substituents is 1. The van der Waals surface area contributed by atoms with Crippen LogP contribution < -0.4 is 5.73 Å². The molecule has 0 saturated heterocycles. The van der Waals surface area contributed by atoms with E-state index in [1.165, 1.54) is 25.3 Å². The van der Waals surface area contributed by atoms with Crippen molar-refractivity contribution in [2.45, 2.75) is 19.3 Å². The van der Waals surface area contributed by atoms with Gasteiger partial charge in [0.1, 0.15) is 0 Å². The molecule has 1 unspecified atom stereocenters. The highest BCUT2D eigenvalue weighted by Gasteiger charge is 2.23. The molecular weight excluding hydrogens is 224 g/mol. The van der Waals surface area contributed by atoms with E-state index in [2.05, 4.69) is 4.74 Å². The molecule has 6 nitrogen and oxygen atoms in total. The van der Waals surface area contributed by atoms with E-state index in [4.69, 9.17) is 5.73 Å². The Bertz CT molecular complexity index is 445. The fourth-order valence-electron chi connectivity index (χ4n) is 1.63. The summed E-state index contributed by atoms with van der Waals surface area (Å²) < 4.78 is 4.65. The van der Waals surface area contributed by atoms with Gasteiger partial charge in [0.25, 0.3) is 5.69 Å². The summed E-state index contributed by atoms with van der Waals surface area (Å²) in [6.07, 6.45) is 0.470. The van der Waals surface area contributed by atoms with Crippen molar-refractivity contribution in [2.24, 2.45) is 0 Å². The lowest BCUT2D eigenvalue weighted by atomic mass is 9.94. The van der Waals surface area contributed by atoms with E-state index in [0.29, 0.717) is 17.7 Å². The normalized spacial score (nSPS) is 11.9. The lowest BCUT2D eigenvalue weighted by Gasteiger charge is -2.14. The Hall–Kier alpha value is -2.11. The lowest BCUT2D eigenvalue weighted by Crippen LogP contribution is -2.15. The minimum Gasteiger partial charge on any atom is -0.469 e. The van der Waals surface area contributed by atoms with Crippen molar-refractivity contribution in [1.29, 1.82) is 0 Å². The van der Waals surface area contributed by atoms with E-state index < -0.39 is 16.8 Å². The molecule has 1 atom stereocenters. The number of esters is 1. The van der Waals surface area contributed by atoms with Gasteiger partial charge in [0.2, 0.25) is 0 Å². The first kappa shape index (κ1) is 13.0. The fourth-order valence-corrected chi connectivity index (χ4v) is 1.63. The van der Waals surface area contributed by atoms with Crippen LogP contribution >= 0.6 is 0 Å². The Morgan fingerprint density at radius 2 is 2.24 bits per heavy atom. The van der Waals surface area contributed by atoms with E-state index in [-0.39, 0.29) is 5.69 Å². The third-order valence-electron chi connectivity index (χ3n) is 2.55. The summed E-state index contributed by atoms with van der Waals surface area (Å²) in [5.74, 6) is -1.01. The molecule has 0 spiro atoms. The van der Waals surface area contributed by atoms with Gasteiger partial charge in [-0.3, -0.25) is 14.9 Å². The number of rotatable bonds is 4. The summed E-state index contributed by atoms with van der Waals surface area (Å²) >= 11 is 0. The lowest BCUT2D eigenvalue weighted by molar-refractivity contribution is -0.384. The van der Waals surface area contributed by atoms with Crippen molar-refractivity contribution in [3.63, 3.8) is 0 Å². The van der Waals surface area contributed by atoms with Gasteiger partial charge >= 0.3 is 5.97 Å². The second-order valence-corrected chi connectivity index (χ2v) is 3.55. The number of nitro groups is 1. The van der Waals surface area contributed by atoms with Gasteiger partial charge in [0, 0.05) is 17.8 Å². The zero-order chi connectivity index (χ0) is 13.0. The van der Waals surface area contributed by atoms with Crippen LogP contribution in [-0.2, 0) is 9.53 Å². The average Bonchev–Trinajstić information content (AvgIpc) is 2.31. The fraction of sp³-hybridized carbons (Fsp3) is 0.364. The minimum atomic E-state index is -0.570. The zero-order valence-corrected chi connectivity index (χ0v) is 9.67. The minimum absolute atomic E-state index is 0.0865. The van der Waals surface area contributed by atoms with Crippen molar-refractivity contribution < 1.29 is 14.5 Å². The molecule has 2 N–H and O–H groups in total. The van der Waals surface area contributed by atoms with Crippen LogP contribution in [0.5, 0.6) is 0 Å². The molecule has 0 heterocycles. The number of nitrogen functional groups attached to an aromatic ring is 1. The monoisotopic (exact) mass is 238 g/mol. The van der Waals surface area contributed by atoms with Crippen LogP contribution in [0.1, 0.15) is 24.8 Å². The van der Waals surface area contributed by atoms with Crippen LogP contribution in [0.2, 0.25) is 0 Å². The van der Waals surface area contributed by atoms with Gasteiger partial charge in [-0.05, 0) is 18.1 Å². The number of nitrogens with two attached hydrogens (primary N) is 1. The predicted octanol–water partition coefficient (Wildman–Crippen LogP) is 1.84. The number of anilines is 1. The number of nitrogens with zero attached hydrogens (tertiary/aromatic N) is 1. The summed E-state index contributed by atoms with van der Waals surface area (Å²) in [5, 5.41) is 10.7. The molecular formula is C11H14N2O4. The molecule has 0 aliphatic rings. The number of carbonyl (C=O) groups is 1. The molecule has 0 amide bonds. The molecule has 0 aliphatic carbocycles. The van der Waals surface area contributed by atoms with Crippen molar-refractivity contribution in [1.82, 2.24) is 0 Å². The highest BCUT2D eigenvalue weighted by molar-refractivity contribution is 5.80. The van der Waals surface area contributed by atoms with Gasteiger partial charge in [0.05, 0.1) is 18.0 Å². The Kier molecular flexibility index (Phi) is 4.03. The molecule has 92 valence electrons. The molecule has 1 aromatic rings. The maximum atomic E-state index is 11.5. The summed E-state index contributed by atoms with van der Waals surface area (Å²) in [7, 11) is 1.28. The van der Waals surface area contributed by atoms with E-state index >= 15 is 0 Å². The van der Waals surface area contributed by atoms with Gasteiger partial charge in [-0.1, -0.05) is 6.92 Å². The maximum Gasteiger partial charge on any atom is 0.313 e. The van der Waals surface area contributed by atoms with Crippen LogP contribution in [0.3, 0.4) is 0 Å². The first-order valence-electron chi connectivity index (χ1n) is 5.12. The smallest absolute Gasteiger partial charge is 0.313 e. The third-order valence-corrected chi connectivity index (χ3v) is 2.55. The topological polar surface area (TPSA) is 95.5 Å². The maximum absolute atomic E-state index is 11.5. The number of hydrogen-bond donors (Lipinski definition) is 1. The van der Waals surface area contributed by atoms with Crippen LogP contribution in [0, 0.1) is 10.1 Å². The Morgan fingerprint density at radius 1 is 1.59 bits per heavy atom. The van der Waals surface area contributed by atoms with Gasteiger partial charge in [-0.2, -0.15) is 0 Å². The summed E-state index contributed by atoms with van der Waals surface area (Å²) in [6, 6.07) is 4.06. The highest BCUT2D eigenvalue weighted by atomic mass is 16.6. The molecule has 0 radical (unpaired) electrons. The van der Waals surface area contributed by atoms with Gasteiger partial charge in [-0.15, -0.1) is 0 Å². The summed E-state index contributed by atoms with van der Waals surface area (Å²) in [4.78, 5) is 21.7. The number of methoxy groups -OCH3 is 1. The molecule has 1 aromatic carbocycles. The molecule has 0 fully saturated rings. The van der Waals surface area contributed by atoms with E-state index in [9.17, 15) is 14.9 Å². The quantitative estimate of drug-likeness (QED) is 0.373. The van der Waals surface area contributed by atoms with E-state index in [0.717, 1.165) is 0 Å². The van der Waals surface area contributed by atoms with Crippen molar-refractivity contribution >= 4 is 17.3 Å². The molecule has 17 heavy (non-hydrogen) atoms. The number of hydrogen-bond acceptors (Lipinski definition) is 5. The largest absolute Gasteiger partial charge is 0.469 e. The van der Waals surface area contributed by atoms with Crippen molar-refractivity contribution in [3.8, 4) is 0 Å². The van der Waals surface area contributed by atoms with E-state index in [1.54, 1.807) is 6.92 Å². The van der Waals surface area contributed by atoms with Gasteiger partial charge in [-0.25, -0.2) is 0 Å². The van der Waals surface area contributed by atoms with Crippen molar-refractivity contribution in [3.05, 3.63) is 33.9 Å². The Labute approximate surface area is 98.5 Å². The molecule has 0 aliphatic heterocycles. The van der Waals surface area contributed by atoms with Crippen LogP contribution in [-0.4, -0.2) is 18.0 Å². The molecule has 0 saturated carbocycles. The SMILES string of the molecule is CCC(C(=O)OC)c1cc([N+](=O)[O-])ccc1N.